The molecule has 0 amide bonds. The van der Waals surface area contributed by atoms with Gasteiger partial charge in [-0.3, -0.25) is 4.40 Å². The number of nitrogens with two attached hydrogens (primary N) is 1. The second-order valence-electron chi connectivity index (χ2n) is 4.39. The molecular weight excluding hydrogens is 309 g/mol. The van der Waals surface area contributed by atoms with Crippen LogP contribution in [0, 0.1) is 12.7 Å². The quantitative estimate of drug-likeness (QED) is 0.741. The Morgan fingerprint density at radius 1 is 1.26 bits per heavy atom. The first kappa shape index (κ1) is 12.2. The number of rotatable bonds is 1. The maximum absolute atomic E-state index is 13.0. The van der Waals surface area contributed by atoms with E-state index < -0.39 is 0 Å². The lowest BCUT2D eigenvalue weighted by Gasteiger charge is -2.01. The standard InChI is InChI=1S/C14H11BrFN3/c1-8-6-10(15)7-19-13(17)12(18-14(8)19)9-2-4-11(16)5-3-9/h2-7H,17H2,1H3. The predicted molar refractivity (Wildman–Crippen MR) is 77.4 cm³/mol. The number of aryl methyl sites for hydroxylation is 1. The lowest BCUT2D eigenvalue weighted by atomic mass is 10.1. The van der Waals surface area contributed by atoms with Crippen molar-refractivity contribution in [2.45, 2.75) is 6.92 Å². The number of halogens is 2. The number of benzene rings is 1. The minimum Gasteiger partial charge on any atom is -0.383 e. The van der Waals surface area contributed by atoms with Gasteiger partial charge in [0, 0.05) is 16.2 Å². The molecule has 0 aliphatic heterocycles. The van der Waals surface area contributed by atoms with Crippen molar-refractivity contribution in [1.82, 2.24) is 9.38 Å². The second-order valence-corrected chi connectivity index (χ2v) is 5.30. The Balaban J connectivity index is 2.28. The number of hydrogen-bond acceptors (Lipinski definition) is 2. The molecule has 0 atom stereocenters. The van der Waals surface area contributed by atoms with Crippen LogP contribution >= 0.6 is 15.9 Å². The van der Waals surface area contributed by atoms with Crippen LogP contribution in [-0.4, -0.2) is 9.38 Å². The number of aromatic nitrogens is 2. The number of fused-ring (bicyclic) bond motifs is 1. The normalized spacial score (nSPS) is 11.1. The Kier molecular flexibility index (Phi) is 2.78. The van der Waals surface area contributed by atoms with Crippen LogP contribution in [-0.2, 0) is 0 Å². The summed E-state index contributed by atoms with van der Waals surface area (Å²) in [4.78, 5) is 4.55. The lowest BCUT2D eigenvalue weighted by molar-refractivity contribution is 0.628. The van der Waals surface area contributed by atoms with Gasteiger partial charge in [0.15, 0.2) is 0 Å². The van der Waals surface area contributed by atoms with Crippen LogP contribution in [0.1, 0.15) is 5.56 Å². The number of hydrogen-bond donors (Lipinski definition) is 1. The van der Waals surface area contributed by atoms with Gasteiger partial charge >= 0.3 is 0 Å². The van der Waals surface area contributed by atoms with Crippen molar-refractivity contribution in [3.05, 3.63) is 52.4 Å². The predicted octanol–water partition coefficient (Wildman–Crippen LogP) is 3.79. The van der Waals surface area contributed by atoms with Crippen molar-refractivity contribution in [2.24, 2.45) is 0 Å². The van der Waals surface area contributed by atoms with E-state index in [1.165, 1.54) is 12.1 Å². The second kappa shape index (κ2) is 4.35. The molecule has 0 bridgehead atoms. The molecule has 0 spiro atoms. The summed E-state index contributed by atoms with van der Waals surface area (Å²) in [7, 11) is 0. The third-order valence-corrected chi connectivity index (χ3v) is 3.46. The zero-order valence-electron chi connectivity index (χ0n) is 10.2. The molecule has 0 aliphatic rings. The van der Waals surface area contributed by atoms with Gasteiger partial charge in [-0.2, -0.15) is 0 Å². The van der Waals surface area contributed by atoms with Gasteiger partial charge in [0.05, 0.1) is 0 Å². The third-order valence-electron chi connectivity index (χ3n) is 3.03. The van der Waals surface area contributed by atoms with Crippen molar-refractivity contribution < 1.29 is 4.39 Å². The fourth-order valence-electron chi connectivity index (χ4n) is 2.11. The van der Waals surface area contributed by atoms with Crippen LogP contribution in [0.4, 0.5) is 10.2 Å². The van der Waals surface area contributed by atoms with E-state index in [2.05, 4.69) is 20.9 Å². The molecule has 19 heavy (non-hydrogen) atoms. The Bertz CT molecular complexity index is 762. The van der Waals surface area contributed by atoms with Crippen molar-refractivity contribution in [3.63, 3.8) is 0 Å². The highest BCUT2D eigenvalue weighted by atomic mass is 79.9. The molecule has 2 heterocycles. The topological polar surface area (TPSA) is 43.3 Å². The molecule has 0 saturated heterocycles. The summed E-state index contributed by atoms with van der Waals surface area (Å²) in [5.41, 5.74) is 9.43. The summed E-state index contributed by atoms with van der Waals surface area (Å²) in [6.45, 7) is 1.97. The number of imidazole rings is 1. The molecular formula is C14H11BrFN3. The maximum atomic E-state index is 13.0. The van der Waals surface area contributed by atoms with E-state index in [0.29, 0.717) is 11.5 Å². The Morgan fingerprint density at radius 2 is 1.95 bits per heavy atom. The Hall–Kier alpha value is -1.88. The van der Waals surface area contributed by atoms with E-state index in [9.17, 15) is 4.39 Å². The summed E-state index contributed by atoms with van der Waals surface area (Å²) in [6, 6.07) is 8.15. The molecule has 5 heteroatoms. The number of anilines is 1. The van der Waals surface area contributed by atoms with E-state index >= 15 is 0 Å². The Labute approximate surface area is 118 Å². The van der Waals surface area contributed by atoms with Gasteiger partial charge < -0.3 is 5.73 Å². The van der Waals surface area contributed by atoms with Crippen LogP contribution in [0.25, 0.3) is 16.9 Å². The summed E-state index contributed by atoms with van der Waals surface area (Å²) >= 11 is 3.44. The van der Waals surface area contributed by atoms with E-state index in [-0.39, 0.29) is 5.82 Å². The molecule has 0 unspecified atom stereocenters. The monoisotopic (exact) mass is 319 g/mol. The highest BCUT2D eigenvalue weighted by Crippen LogP contribution is 2.29. The minimum absolute atomic E-state index is 0.273. The Morgan fingerprint density at radius 3 is 2.63 bits per heavy atom. The summed E-state index contributed by atoms with van der Waals surface area (Å²) in [6.07, 6.45) is 1.87. The highest BCUT2D eigenvalue weighted by molar-refractivity contribution is 9.10. The molecule has 96 valence electrons. The summed E-state index contributed by atoms with van der Waals surface area (Å²) in [5, 5.41) is 0. The SMILES string of the molecule is Cc1cc(Br)cn2c(N)c(-c3ccc(F)cc3)nc12. The number of nitrogens with zero attached hydrogens (tertiary/aromatic N) is 2. The first-order chi connectivity index (χ1) is 9.06. The van der Waals surface area contributed by atoms with Crippen molar-refractivity contribution in [1.29, 1.82) is 0 Å². The van der Waals surface area contributed by atoms with Gasteiger partial charge in [0.2, 0.25) is 0 Å². The summed E-state index contributed by atoms with van der Waals surface area (Å²) in [5.74, 6) is 0.274. The largest absolute Gasteiger partial charge is 0.383 e. The fourth-order valence-corrected chi connectivity index (χ4v) is 2.65. The first-order valence-electron chi connectivity index (χ1n) is 5.76. The average Bonchev–Trinajstić information content (AvgIpc) is 2.69. The van der Waals surface area contributed by atoms with E-state index in [1.54, 1.807) is 12.1 Å². The van der Waals surface area contributed by atoms with Gasteiger partial charge in [0.25, 0.3) is 0 Å². The first-order valence-corrected chi connectivity index (χ1v) is 6.55. The molecule has 1 aromatic carbocycles. The minimum atomic E-state index is -0.273. The van der Waals surface area contributed by atoms with Crippen molar-refractivity contribution in [3.8, 4) is 11.3 Å². The molecule has 0 radical (unpaired) electrons. The van der Waals surface area contributed by atoms with Gasteiger partial charge in [-0.05, 0) is 58.7 Å². The average molecular weight is 320 g/mol. The molecule has 3 rings (SSSR count). The molecule has 3 nitrogen and oxygen atoms in total. The zero-order valence-corrected chi connectivity index (χ0v) is 11.8. The fraction of sp³-hybridized carbons (Fsp3) is 0.0714. The third kappa shape index (κ3) is 2.00. The lowest BCUT2D eigenvalue weighted by Crippen LogP contribution is -1.95. The van der Waals surface area contributed by atoms with Crippen LogP contribution in [0.15, 0.2) is 41.0 Å². The highest BCUT2D eigenvalue weighted by Gasteiger charge is 2.13. The number of nitrogen functional groups attached to an aromatic ring is 1. The van der Waals surface area contributed by atoms with Crippen molar-refractivity contribution in [2.75, 3.05) is 5.73 Å². The van der Waals surface area contributed by atoms with Crippen LogP contribution in [0.2, 0.25) is 0 Å². The van der Waals surface area contributed by atoms with Crippen LogP contribution in [0.5, 0.6) is 0 Å². The number of pyridine rings is 1. The van der Waals surface area contributed by atoms with Crippen LogP contribution < -0.4 is 5.73 Å². The van der Waals surface area contributed by atoms with Gasteiger partial charge in [-0.15, -0.1) is 0 Å². The molecule has 0 fully saturated rings. The van der Waals surface area contributed by atoms with E-state index in [0.717, 1.165) is 21.2 Å². The van der Waals surface area contributed by atoms with E-state index in [1.807, 2.05) is 23.6 Å². The van der Waals surface area contributed by atoms with Crippen molar-refractivity contribution >= 4 is 27.4 Å². The molecule has 2 N–H and O–H groups in total. The molecule has 0 saturated carbocycles. The van der Waals surface area contributed by atoms with Gasteiger partial charge in [0.1, 0.15) is 23.0 Å². The van der Waals surface area contributed by atoms with Gasteiger partial charge in [-0.1, -0.05) is 0 Å². The zero-order chi connectivity index (χ0) is 13.6. The smallest absolute Gasteiger partial charge is 0.142 e. The molecule has 0 aliphatic carbocycles. The molecule has 3 aromatic rings. The summed E-state index contributed by atoms with van der Waals surface area (Å²) < 4.78 is 15.7. The maximum Gasteiger partial charge on any atom is 0.142 e. The molecule has 2 aromatic heterocycles. The van der Waals surface area contributed by atoms with Crippen LogP contribution in [0.3, 0.4) is 0 Å². The van der Waals surface area contributed by atoms with Gasteiger partial charge in [-0.25, -0.2) is 9.37 Å². The van der Waals surface area contributed by atoms with E-state index in [4.69, 9.17) is 5.73 Å².